The Morgan fingerprint density at radius 3 is 2.69 bits per heavy atom. The standard InChI is InChI=1S/C19H21BrClN5O2S/c1-29(27,28)25-8-6-13(7-9-25)11-22-18-10-17(14-4-2-3-5-16(14)21)24-19-15(20)12-23-26(18)19/h2-5,10,12-13,22H,6-9,11H2,1H3. The van der Waals surface area contributed by atoms with Crippen LogP contribution >= 0.6 is 27.5 Å². The normalized spacial score (nSPS) is 16.4. The van der Waals surface area contributed by atoms with Gasteiger partial charge in [0.1, 0.15) is 5.82 Å². The fourth-order valence-electron chi connectivity index (χ4n) is 3.56. The molecule has 1 aromatic carbocycles. The number of aromatic nitrogens is 3. The molecular formula is C19H21BrClN5O2S. The number of anilines is 1. The average Bonchev–Trinajstić information content (AvgIpc) is 3.07. The van der Waals surface area contributed by atoms with Gasteiger partial charge in [-0.3, -0.25) is 0 Å². The van der Waals surface area contributed by atoms with Crippen LogP contribution in [0.5, 0.6) is 0 Å². The first-order valence-corrected chi connectivity index (χ1v) is 12.3. The molecule has 0 atom stereocenters. The third-order valence-electron chi connectivity index (χ3n) is 5.19. The minimum Gasteiger partial charge on any atom is -0.370 e. The second-order valence-electron chi connectivity index (χ2n) is 7.22. The quantitative estimate of drug-likeness (QED) is 0.577. The van der Waals surface area contributed by atoms with E-state index in [2.05, 4.69) is 26.3 Å². The van der Waals surface area contributed by atoms with E-state index >= 15 is 0 Å². The van der Waals surface area contributed by atoms with Gasteiger partial charge >= 0.3 is 0 Å². The molecular weight excluding hydrogens is 478 g/mol. The number of piperidine rings is 1. The van der Waals surface area contributed by atoms with Crippen LogP contribution in [0, 0.1) is 5.92 Å². The summed E-state index contributed by atoms with van der Waals surface area (Å²) in [5.74, 6) is 1.21. The van der Waals surface area contributed by atoms with E-state index in [0.29, 0.717) is 29.7 Å². The molecule has 29 heavy (non-hydrogen) atoms. The van der Waals surface area contributed by atoms with Crippen LogP contribution in [0.15, 0.2) is 41.0 Å². The summed E-state index contributed by atoms with van der Waals surface area (Å²) in [5, 5.41) is 8.53. The van der Waals surface area contributed by atoms with E-state index < -0.39 is 10.0 Å². The maximum atomic E-state index is 11.7. The van der Waals surface area contributed by atoms with Crippen molar-refractivity contribution in [3.8, 4) is 11.3 Å². The summed E-state index contributed by atoms with van der Waals surface area (Å²) in [6.07, 6.45) is 4.64. The van der Waals surface area contributed by atoms with Crippen LogP contribution in [0.1, 0.15) is 12.8 Å². The van der Waals surface area contributed by atoms with Gasteiger partial charge in [-0.15, -0.1) is 0 Å². The molecule has 10 heteroatoms. The van der Waals surface area contributed by atoms with Gasteiger partial charge in [-0.25, -0.2) is 17.7 Å². The first kappa shape index (κ1) is 20.6. The maximum absolute atomic E-state index is 11.7. The van der Waals surface area contributed by atoms with Crippen molar-refractivity contribution in [1.29, 1.82) is 0 Å². The van der Waals surface area contributed by atoms with Crippen molar-refractivity contribution in [2.75, 3.05) is 31.2 Å². The first-order valence-electron chi connectivity index (χ1n) is 9.31. The van der Waals surface area contributed by atoms with Gasteiger partial charge in [-0.05, 0) is 40.8 Å². The van der Waals surface area contributed by atoms with E-state index in [0.717, 1.165) is 40.9 Å². The summed E-state index contributed by atoms with van der Waals surface area (Å²) >= 11 is 9.89. The molecule has 2 aromatic heterocycles. The smallest absolute Gasteiger partial charge is 0.211 e. The van der Waals surface area contributed by atoms with E-state index in [1.165, 1.54) is 6.26 Å². The number of halogens is 2. The molecule has 1 fully saturated rings. The fourth-order valence-corrected chi connectivity index (χ4v) is 5.02. The number of fused-ring (bicyclic) bond motifs is 1. The van der Waals surface area contributed by atoms with Crippen molar-refractivity contribution in [3.63, 3.8) is 0 Å². The Kier molecular flexibility index (Phi) is 5.83. The lowest BCUT2D eigenvalue weighted by Gasteiger charge is -2.30. The van der Waals surface area contributed by atoms with E-state index in [1.54, 1.807) is 15.0 Å². The second kappa shape index (κ2) is 8.22. The second-order valence-corrected chi connectivity index (χ2v) is 10.5. The van der Waals surface area contributed by atoms with Crippen molar-refractivity contribution in [2.45, 2.75) is 12.8 Å². The van der Waals surface area contributed by atoms with Crippen LogP contribution in [-0.2, 0) is 10.0 Å². The molecule has 0 amide bonds. The lowest BCUT2D eigenvalue weighted by molar-refractivity contribution is 0.283. The van der Waals surface area contributed by atoms with Crippen LogP contribution in [0.25, 0.3) is 16.9 Å². The third kappa shape index (κ3) is 4.42. The highest BCUT2D eigenvalue weighted by atomic mass is 79.9. The molecule has 4 rings (SSSR count). The Hall–Kier alpha value is -1.68. The minimum absolute atomic E-state index is 0.388. The fraction of sp³-hybridized carbons (Fsp3) is 0.368. The highest BCUT2D eigenvalue weighted by Crippen LogP contribution is 2.30. The molecule has 154 valence electrons. The van der Waals surface area contributed by atoms with Gasteiger partial charge in [0.15, 0.2) is 5.65 Å². The van der Waals surface area contributed by atoms with Crippen molar-refractivity contribution in [2.24, 2.45) is 5.92 Å². The van der Waals surface area contributed by atoms with Crippen molar-refractivity contribution >= 4 is 49.0 Å². The molecule has 0 aliphatic carbocycles. The Balaban J connectivity index is 1.57. The zero-order valence-electron chi connectivity index (χ0n) is 15.8. The lowest BCUT2D eigenvalue weighted by atomic mass is 9.98. The maximum Gasteiger partial charge on any atom is 0.211 e. The van der Waals surface area contributed by atoms with Gasteiger partial charge in [0.2, 0.25) is 10.0 Å². The third-order valence-corrected chi connectivity index (χ3v) is 7.39. The van der Waals surface area contributed by atoms with Gasteiger partial charge in [0, 0.05) is 36.3 Å². The predicted molar refractivity (Wildman–Crippen MR) is 119 cm³/mol. The number of nitrogens with one attached hydrogen (secondary N) is 1. The van der Waals surface area contributed by atoms with Crippen LogP contribution in [0.2, 0.25) is 5.02 Å². The highest BCUT2D eigenvalue weighted by molar-refractivity contribution is 9.10. The zero-order chi connectivity index (χ0) is 20.6. The molecule has 0 unspecified atom stereocenters. The topological polar surface area (TPSA) is 79.6 Å². The molecule has 0 saturated carbocycles. The van der Waals surface area contributed by atoms with E-state index in [9.17, 15) is 8.42 Å². The number of sulfonamides is 1. The van der Waals surface area contributed by atoms with E-state index in [4.69, 9.17) is 16.6 Å². The Morgan fingerprint density at radius 1 is 1.28 bits per heavy atom. The van der Waals surface area contributed by atoms with Gasteiger partial charge in [0.25, 0.3) is 0 Å². The molecule has 1 aliphatic heterocycles. The van der Waals surface area contributed by atoms with E-state index in [1.807, 2.05) is 30.3 Å². The molecule has 1 aliphatic rings. The number of hydrogen-bond acceptors (Lipinski definition) is 5. The summed E-state index contributed by atoms with van der Waals surface area (Å²) in [7, 11) is -3.11. The number of benzene rings is 1. The lowest BCUT2D eigenvalue weighted by Crippen LogP contribution is -2.39. The molecule has 3 heterocycles. The van der Waals surface area contributed by atoms with Gasteiger partial charge < -0.3 is 5.32 Å². The van der Waals surface area contributed by atoms with Crippen LogP contribution < -0.4 is 5.32 Å². The molecule has 0 radical (unpaired) electrons. The zero-order valence-corrected chi connectivity index (χ0v) is 19.0. The summed E-state index contributed by atoms with van der Waals surface area (Å²) in [6, 6.07) is 9.55. The molecule has 7 nitrogen and oxygen atoms in total. The van der Waals surface area contributed by atoms with Crippen LogP contribution in [0.3, 0.4) is 0 Å². The summed E-state index contributed by atoms with van der Waals surface area (Å²) in [6.45, 7) is 1.86. The minimum atomic E-state index is -3.11. The monoisotopic (exact) mass is 497 g/mol. The van der Waals surface area contributed by atoms with Crippen molar-refractivity contribution in [1.82, 2.24) is 18.9 Å². The van der Waals surface area contributed by atoms with Crippen LogP contribution in [0.4, 0.5) is 5.82 Å². The SMILES string of the molecule is CS(=O)(=O)N1CCC(CNc2cc(-c3ccccc3Cl)nc3c(Br)cnn23)CC1. The Labute approximate surface area is 183 Å². The number of hydrogen-bond donors (Lipinski definition) is 1. The summed E-state index contributed by atoms with van der Waals surface area (Å²) in [4.78, 5) is 4.71. The molecule has 0 spiro atoms. The predicted octanol–water partition coefficient (Wildman–Crippen LogP) is 3.90. The first-order chi connectivity index (χ1) is 13.8. The number of nitrogens with zero attached hydrogens (tertiary/aromatic N) is 4. The van der Waals surface area contributed by atoms with Crippen LogP contribution in [-0.4, -0.2) is 53.2 Å². The summed E-state index contributed by atoms with van der Waals surface area (Å²) in [5.41, 5.74) is 2.32. The van der Waals surface area contributed by atoms with Gasteiger partial charge in [0.05, 0.1) is 22.6 Å². The Morgan fingerprint density at radius 2 is 2.00 bits per heavy atom. The van der Waals surface area contributed by atoms with Gasteiger partial charge in [-0.1, -0.05) is 29.8 Å². The molecule has 3 aromatic rings. The molecule has 0 bridgehead atoms. The van der Waals surface area contributed by atoms with Gasteiger partial charge in [-0.2, -0.15) is 9.61 Å². The number of rotatable bonds is 5. The highest BCUT2D eigenvalue weighted by Gasteiger charge is 2.25. The summed E-state index contributed by atoms with van der Waals surface area (Å²) < 4.78 is 27.5. The average molecular weight is 499 g/mol. The Bertz CT molecular complexity index is 1140. The van der Waals surface area contributed by atoms with Crippen molar-refractivity contribution in [3.05, 3.63) is 46.0 Å². The largest absolute Gasteiger partial charge is 0.370 e. The molecule has 1 N–H and O–H groups in total. The van der Waals surface area contributed by atoms with E-state index in [-0.39, 0.29) is 0 Å². The molecule has 1 saturated heterocycles. The van der Waals surface area contributed by atoms with Crippen molar-refractivity contribution < 1.29 is 8.42 Å².